The lowest BCUT2D eigenvalue weighted by Crippen LogP contribution is -2.18. The van der Waals surface area contributed by atoms with Crippen LogP contribution >= 0.6 is 0 Å². The van der Waals surface area contributed by atoms with E-state index < -0.39 is 0 Å². The molecule has 1 heteroatoms. The molecule has 56 heavy (non-hydrogen) atoms. The second kappa shape index (κ2) is 12.8. The number of aryl methyl sites for hydroxylation is 1. The average Bonchev–Trinajstić information content (AvgIpc) is 3.60. The van der Waals surface area contributed by atoms with Gasteiger partial charge >= 0.3 is 0 Å². The Bertz CT molecular complexity index is 2790. The van der Waals surface area contributed by atoms with Crippen LogP contribution in [-0.2, 0) is 10.8 Å². The molecule has 0 fully saturated rings. The Labute approximate surface area is 331 Å². The van der Waals surface area contributed by atoms with Gasteiger partial charge in [0.25, 0.3) is 0 Å². The fraction of sp³-hybridized carbons (Fsp3) is 0.127. The molecular weight excluding hydrogens is 675 g/mol. The van der Waals surface area contributed by atoms with E-state index in [1.165, 1.54) is 101 Å². The zero-order valence-electron chi connectivity index (χ0n) is 32.8. The van der Waals surface area contributed by atoms with Crippen LogP contribution in [0.4, 0.5) is 17.1 Å². The molecule has 8 aromatic carbocycles. The summed E-state index contributed by atoms with van der Waals surface area (Å²) in [5, 5.41) is 0. The van der Waals surface area contributed by atoms with E-state index in [1.54, 1.807) is 0 Å². The van der Waals surface area contributed by atoms with Crippen LogP contribution in [-0.4, -0.2) is 0 Å². The van der Waals surface area contributed by atoms with Crippen LogP contribution in [0.25, 0.3) is 55.6 Å². The molecule has 0 heterocycles. The highest BCUT2D eigenvalue weighted by molar-refractivity contribution is 5.90. The smallest absolute Gasteiger partial charge is 0.0465 e. The molecule has 0 N–H and O–H groups in total. The largest absolute Gasteiger partial charge is 0.310 e. The summed E-state index contributed by atoms with van der Waals surface area (Å²) in [6, 6.07) is 67.6. The minimum Gasteiger partial charge on any atom is -0.310 e. The highest BCUT2D eigenvalue weighted by Crippen LogP contribution is 2.54. The number of benzene rings is 8. The Hall–Kier alpha value is -6.44. The van der Waals surface area contributed by atoms with Gasteiger partial charge in [-0.1, -0.05) is 161 Å². The van der Waals surface area contributed by atoms with Crippen LogP contribution in [0.5, 0.6) is 0 Å². The average molecular weight is 720 g/mol. The molecule has 0 aromatic heterocycles. The Kier molecular flexibility index (Phi) is 7.80. The van der Waals surface area contributed by atoms with E-state index in [9.17, 15) is 0 Å². The van der Waals surface area contributed by atoms with Crippen molar-refractivity contribution in [3.05, 3.63) is 210 Å². The summed E-state index contributed by atoms with van der Waals surface area (Å²) in [7, 11) is 0. The number of hydrogen-bond acceptors (Lipinski definition) is 1. The third kappa shape index (κ3) is 5.45. The first kappa shape index (κ1) is 34.1. The van der Waals surface area contributed by atoms with Crippen molar-refractivity contribution in [3.63, 3.8) is 0 Å². The summed E-state index contributed by atoms with van der Waals surface area (Å²) in [6.07, 6.45) is 0. The fourth-order valence-corrected chi connectivity index (χ4v) is 9.42. The Balaban J connectivity index is 1.03. The molecule has 10 rings (SSSR count). The SMILES string of the molecule is Cc1cccc(N(c2ccc3c(c2)C(C)(C)c2cc(-c4ccccc4)ccc2-3)c2ccc3c(c2)C(C)(C)c2cc(-c4ccc(-c5ccccc5)cc4)ccc2-3)c1. The summed E-state index contributed by atoms with van der Waals surface area (Å²) in [5.74, 6) is 0. The lowest BCUT2D eigenvalue weighted by molar-refractivity contribution is 0.660. The van der Waals surface area contributed by atoms with E-state index in [1.807, 2.05) is 0 Å². The molecule has 0 aliphatic heterocycles. The van der Waals surface area contributed by atoms with Crippen LogP contribution in [0.1, 0.15) is 55.5 Å². The maximum absolute atomic E-state index is 2.46. The minimum atomic E-state index is -0.170. The normalized spacial score (nSPS) is 14.1. The van der Waals surface area contributed by atoms with E-state index >= 15 is 0 Å². The van der Waals surface area contributed by atoms with E-state index in [0.717, 1.165) is 0 Å². The van der Waals surface area contributed by atoms with Crippen LogP contribution < -0.4 is 4.90 Å². The summed E-state index contributed by atoms with van der Waals surface area (Å²) in [6.45, 7) is 11.7. The Morgan fingerprint density at radius 1 is 0.304 bits per heavy atom. The molecule has 0 radical (unpaired) electrons. The third-order valence-electron chi connectivity index (χ3n) is 12.5. The van der Waals surface area contributed by atoms with Crippen LogP contribution in [0.2, 0.25) is 0 Å². The number of anilines is 3. The van der Waals surface area contributed by atoms with Gasteiger partial charge in [-0.15, -0.1) is 0 Å². The maximum Gasteiger partial charge on any atom is 0.0465 e. The first-order valence-electron chi connectivity index (χ1n) is 19.8. The molecule has 2 aliphatic carbocycles. The Morgan fingerprint density at radius 3 is 1.12 bits per heavy atom. The second-order valence-electron chi connectivity index (χ2n) is 16.7. The monoisotopic (exact) mass is 719 g/mol. The van der Waals surface area contributed by atoms with Gasteiger partial charge in [0.1, 0.15) is 0 Å². The van der Waals surface area contributed by atoms with Gasteiger partial charge in [-0.2, -0.15) is 0 Å². The molecule has 0 bridgehead atoms. The minimum absolute atomic E-state index is 0.148. The standard InChI is InChI=1S/C55H45N/c1-36-13-12-18-43(31-36)56(44-25-29-48-46-27-23-41(38-16-10-7-11-17-38)32-50(46)54(2,3)52(48)34-44)45-26-30-49-47-28-24-42(33-51(47)55(4,5)53(49)35-45)40-21-19-39(20-22-40)37-14-8-6-9-15-37/h6-35H,1-5H3. The molecule has 8 aromatic rings. The lowest BCUT2D eigenvalue weighted by atomic mass is 9.81. The van der Waals surface area contributed by atoms with Gasteiger partial charge in [0, 0.05) is 27.9 Å². The maximum atomic E-state index is 2.46. The van der Waals surface area contributed by atoms with Crippen molar-refractivity contribution in [1.29, 1.82) is 0 Å². The molecule has 0 unspecified atom stereocenters. The van der Waals surface area contributed by atoms with Crippen molar-refractivity contribution in [2.75, 3.05) is 4.90 Å². The van der Waals surface area contributed by atoms with Gasteiger partial charge in [-0.3, -0.25) is 0 Å². The number of fused-ring (bicyclic) bond motifs is 6. The highest BCUT2D eigenvalue weighted by Gasteiger charge is 2.38. The van der Waals surface area contributed by atoms with Gasteiger partial charge in [0.15, 0.2) is 0 Å². The van der Waals surface area contributed by atoms with E-state index in [2.05, 4.69) is 222 Å². The molecule has 0 saturated carbocycles. The van der Waals surface area contributed by atoms with Crippen molar-refractivity contribution in [1.82, 2.24) is 0 Å². The van der Waals surface area contributed by atoms with Crippen LogP contribution in [0.15, 0.2) is 182 Å². The van der Waals surface area contributed by atoms with Gasteiger partial charge in [0.2, 0.25) is 0 Å². The fourth-order valence-electron chi connectivity index (χ4n) is 9.42. The number of hydrogen-bond donors (Lipinski definition) is 0. The lowest BCUT2D eigenvalue weighted by Gasteiger charge is -2.30. The van der Waals surface area contributed by atoms with E-state index in [0.29, 0.717) is 0 Å². The first-order chi connectivity index (χ1) is 27.2. The predicted octanol–water partition coefficient (Wildman–Crippen LogP) is 15.1. The molecular formula is C55H45N. The molecule has 0 amide bonds. The van der Waals surface area contributed by atoms with E-state index in [4.69, 9.17) is 0 Å². The molecule has 2 aliphatic rings. The molecule has 0 atom stereocenters. The number of nitrogens with zero attached hydrogens (tertiary/aromatic N) is 1. The van der Waals surface area contributed by atoms with Crippen molar-refractivity contribution in [2.24, 2.45) is 0 Å². The van der Waals surface area contributed by atoms with Crippen molar-refractivity contribution >= 4 is 17.1 Å². The molecule has 0 saturated heterocycles. The number of rotatable bonds is 6. The van der Waals surface area contributed by atoms with E-state index in [-0.39, 0.29) is 10.8 Å². The zero-order valence-corrected chi connectivity index (χ0v) is 32.8. The van der Waals surface area contributed by atoms with Gasteiger partial charge in [0.05, 0.1) is 0 Å². The second-order valence-corrected chi connectivity index (χ2v) is 16.7. The predicted molar refractivity (Wildman–Crippen MR) is 237 cm³/mol. The van der Waals surface area contributed by atoms with Crippen molar-refractivity contribution < 1.29 is 0 Å². The topological polar surface area (TPSA) is 3.24 Å². The Morgan fingerprint density at radius 2 is 0.661 bits per heavy atom. The summed E-state index contributed by atoms with van der Waals surface area (Å²) >= 11 is 0. The summed E-state index contributed by atoms with van der Waals surface area (Å²) in [4.78, 5) is 2.46. The zero-order chi connectivity index (χ0) is 38.2. The first-order valence-corrected chi connectivity index (χ1v) is 19.8. The van der Waals surface area contributed by atoms with Crippen molar-refractivity contribution in [2.45, 2.75) is 45.4 Å². The van der Waals surface area contributed by atoms with Crippen LogP contribution in [0, 0.1) is 6.92 Å². The molecule has 0 spiro atoms. The van der Waals surface area contributed by atoms with Gasteiger partial charge < -0.3 is 4.90 Å². The highest BCUT2D eigenvalue weighted by atomic mass is 15.1. The molecule has 1 nitrogen and oxygen atoms in total. The molecule has 270 valence electrons. The van der Waals surface area contributed by atoms with Gasteiger partial charge in [-0.25, -0.2) is 0 Å². The van der Waals surface area contributed by atoms with Gasteiger partial charge in [-0.05, 0) is 139 Å². The summed E-state index contributed by atoms with van der Waals surface area (Å²) in [5.41, 5.74) is 22.7. The van der Waals surface area contributed by atoms with Crippen molar-refractivity contribution in [3.8, 4) is 55.6 Å². The van der Waals surface area contributed by atoms with Crippen LogP contribution in [0.3, 0.4) is 0 Å². The summed E-state index contributed by atoms with van der Waals surface area (Å²) < 4.78 is 0. The quantitative estimate of drug-likeness (QED) is 0.165. The third-order valence-corrected chi connectivity index (χ3v) is 12.5.